The van der Waals surface area contributed by atoms with Gasteiger partial charge >= 0.3 is 5.97 Å². The quantitative estimate of drug-likeness (QED) is 0.383. The summed E-state index contributed by atoms with van der Waals surface area (Å²) in [5.74, 6) is 0.184. The van der Waals surface area contributed by atoms with Crippen LogP contribution in [0.3, 0.4) is 0 Å². The molecular weight excluding hydrogens is 446 g/mol. The van der Waals surface area contributed by atoms with Gasteiger partial charge in [-0.05, 0) is 47.7 Å². The van der Waals surface area contributed by atoms with Gasteiger partial charge in [0.2, 0.25) is 0 Å². The van der Waals surface area contributed by atoms with Crippen molar-refractivity contribution >= 4 is 17.6 Å². The van der Waals surface area contributed by atoms with Gasteiger partial charge in [-0.1, -0.05) is 96.6 Å². The first kappa shape index (κ1) is 23.8. The van der Waals surface area contributed by atoms with Crippen molar-refractivity contribution in [2.24, 2.45) is 0 Å². The average Bonchev–Trinajstić information content (AvgIpc) is 2.90. The van der Waals surface area contributed by atoms with Gasteiger partial charge in [0.25, 0.3) is 0 Å². The number of benzene rings is 3. The van der Waals surface area contributed by atoms with Crippen molar-refractivity contribution in [3.63, 3.8) is 0 Å². The van der Waals surface area contributed by atoms with Crippen molar-refractivity contribution in [2.75, 3.05) is 13.7 Å². The van der Waals surface area contributed by atoms with Crippen molar-refractivity contribution in [1.29, 1.82) is 0 Å². The Hall–Kier alpha value is -3.34. The second-order valence-electron chi connectivity index (χ2n) is 8.11. The maximum atomic E-state index is 13.0. The minimum absolute atomic E-state index is 0.0748. The highest BCUT2D eigenvalue weighted by Crippen LogP contribution is 2.39. The van der Waals surface area contributed by atoms with Crippen LogP contribution in [0, 0.1) is 0 Å². The molecule has 3 aromatic carbocycles. The van der Waals surface area contributed by atoms with Crippen molar-refractivity contribution in [3.05, 3.63) is 125 Å². The molecule has 0 fully saturated rings. The lowest BCUT2D eigenvalue weighted by Gasteiger charge is -2.40. The van der Waals surface area contributed by atoms with Gasteiger partial charge in [0.1, 0.15) is 18.4 Å². The normalized spacial score (nSPS) is 14.2. The Morgan fingerprint density at radius 2 is 1.65 bits per heavy atom. The molecule has 0 heterocycles. The Morgan fingerprint density at radius 1 is 0.971 bits per heavy atom. The zero-order valence-electron chi connectivity index (χ0n) is 19.1. The molecule has 1 N–H and O–H groups in total. The predicted molar refractivity (Wildman–Crippen MR) is 136 cm³/mol. The summed E-state index contributed by atoms with van der Waals surface area (Å²) in [7, 11) is 1.39. The molecule has 3 aromatic rings. The van der Waals surface area contributed by atoms with Crippen molar-refractivity contribution in [1.82, 2.24) is 5.32 Å². The Balaban J connectivity index is 1.80. The van der Waals surface area contributed by atoms with E-state index in [0.29, 0.717) is 10.8 Å². The van der Waals surface area contributed by atoms with Gasteiger partial charge in [-0.25, -0.2) is 0 Å². The summed E-state index contributed by atoms with van der Waals surface area (Å²) in [4.78, 5) is 13.0. The lowest BCUT2D eigenvalue weighted by Crippen LogP contribution is -2.55. The first-order chi connectivity index (χ1) is 16.6. The van der Waals surface area contributed by atoms with Crippen LogP contribution >= 0.6 is 11.6 Å². The van der Waals surface area contributed by atoms with Crippen LogP contribution in [-0.2, 0) is 15.1 Å². The highest BCUT2D eigenvalue weighted by Gasteiger charge is 2.41. The Labute approximate surface area is 205 Å². The topological polar surface area (TPSA) is 47.6 Å². The van der Waals surface area contributed by atoms with E-state index in [1.54, 1.807) is 12.1 Å². The number of hydrogen-bond acceptors (Lipinski definition) is 4. The fourth-order valence-corrected chi connectivity index (χ4v) is 4.51. The zero-order chi connectivity index (χ0) is 23.8. The van der Waals surface area contributed by atoms with Gasteiger partial charge in [-0.2, -0.15) is 0 Å². The maximum Gasteiger partial charge on any atom is 0.326 e. The highest BCUT2D eigenvalue weighted by atomic mass is 35.5. The molecular formula is C29H28ClNO3. The molecule has 174 valence electrons. The Bertz CT molecular complexity index is 1120. The third-order valence-electron chi connectivity index (χ3n) is 5.93. The smallest absolute Gasteiger partial charge is 0.326 e. The lowest BCUT2D eigenvalue weighted by molar-refractivity contribution is -0.144. The van der Waals surface area contributed by atoms with E-state index in [0.717, 1.165) is 29.5 Å². The van der Waals surface area contributed by atoms with Gasteiger partial charge < -0.3 is 9.47 Å². The molecule has 4 nitrogen and oxygen atoms in total. The summed E-state index contributed by atoms with van der Waals surface area (Å²) in [6.07, 6.45) is 8.47. The van der Waals surface area contributed by atoms with Gasteiger partial charge in [0.15, 0.2) is 0 Å². The number of halogens is 1. The standard InChI is InChI=1S/C29H28ClNO3/c1-33-28(32)27(21-34-26-19-11-18-25(30)20-26)31-29(22-12-5-2-6-13-22,23-14-7-3-8-15-23)24-16-9-4-10-17-24/h2-3,5-9,11-20,27,31H,4,10,21H2,1H3/t27-/m0/s1. The molecule has 0 unspecified atom stereocenters. The van der Waals surface area contributed by atoms with E-state index < -0.39 is 17.6 Å². The molecule has 1 aliphatic rings. The predicted octanol–water partition coefficient (Wildman–Crippen LogP) is 6.07. The van der Waals surface area contributed by atoms with E-state index in [9.17, 15) is 4.79 Å². The summed E-state index contributed by atoms with van der Waals surface area (Å²) in [5.41, 5.74) is 2.34. The molecule has 34 heavy (non-hydrogen) atoms. The second kappa shape index (κ2) is 11.2. The number of nitrogens with one attached hydrogen (secondary N) is 1. The van der Waals surface area contributed by atoms with E-state index in [4.69, 9.17) is 21.1 Å². The number of rotatable bonds is 9. The molecule has 0 saturated heterocycles. The van der Waals surface area contributed by atoms with Crippen LogP contribution in [0.4, 0.5) is 0 Å². The summed E-state index contributed by atoms with van der Waals surface area (Å²) in [5, 5.41) is 4.22. The van der Waals surface area contributed by atoms with E-state index in [-0.39, 0.29) is 6.61 Å². The summed E-state index contributed by atoms with van der Waals surface area (Å²) in [6.45, 7) is 0.0748. The van der Waals surface area contributed by atoms with Crippen molar-refractivity contribution in [3.8, 4) is 5.75 Å². The van der Waals surface area contributed by atoms with Gasteiger partial charge in [-0.3, -0.25) is 10.1 Å². The van der Waals surface area contributed by atoms with Crippen LogP contribution in [-0.4, -0.2) is 25.7 Å². The fourth-order valence-electron chi connectivity index (χ4n) is 4.33. The van der Waals surface area contributed by atoms with Crippen molar-refractivity contribution in [2.45, 2.75) is 24.4 Å². The maximum absolute atomic E-state index is 13.0. The van der Waals surface area contributed by atoms with Crippen LogP contribution in [0.25, 0.3) is 0 Å². The van der Waals surface area contributed by atoms with E-state index in [2.05, 4.69) is 47.8 Å². The second-order valence-corrected chi connectivity index (χ2v) is 8.55. The van der Waals surface area contributed by atoms with Gasteiger partial charge in [0, 0.05) is 5.02 Å². The number of carbonyl (C=O) groups is 1. The zero-order valence-corrected chi connectivity index (χ0v) is 19.9. The molecule has 0 saturated carbocycles. The molecule has 0 aromatic heterocycles. The van der Waals surface area contributed by atoms with Crippen molar-refractivity contribution < 1.29 is 14.3 Å². The summed E-state index contributed by atoms with van der Waals surface area (Å²) >= 11 is 6.12. The molecule has 0 aliphatic heterocycles. The minimum Gasteiger partial charge on any atom is -0.491 e. The number of esters is 1. The molecule has 5 heteroatoms. The monoisotopic (exact) mass is 473 g/mol. The van der Waals surface area contributed by atoms with Crippen LogP contribution in [0.5, 0.6) is 5.75 Å². The van der Waals surface area contributed by atoms with Crippen LogP contribution in [0.15, 0.2) is 109 Å². The number of carbonyl (C=O) groups excluding carboxylic acids is 1. The first-order valence-electron chi connectivity index (χ1n) is 11.4. The number of allylic oxidation sites excluding steroid dienone is 2. The van der Waals surface area contributed by atoms with Gasteiger partial charge in [-0.15, -0.1) is 0 Å². The van der Waals surface area contributed by atoms with E-state index in [1.165, 1.54) is 7.11 Å². The number of hydrogen-bond donors (Lipinski definition) is 1. The largest absolute Gasteiger partial charge is 0.491 e. The van der Waals surface area contributed by atoms with Crippen LogP contribution < -0.4 is 10.1 Å². The first-order valence-corrected chi connectivity index (χ1v) is 11.7. The Morgan fingerprint density at radius 3 is 2.21 bits per heavy atom. The fraction of sp³-hybridized carbons (Fsp3) is 0.207. The summed E-state index contributed by atoms with van der Waals surface area (Å²) in [6, 6.07) is 26.7. The van der Waals surface area contributed by atoms with E-state index in [1.807, 2.05) is 48.5 Å². The molecule has 4 rings (SSSR count). The van der Waals surface area contributed by atoms with Gasteiger partial charge in [0.05, 0.1) is 12.6 Å². The lowest BCUT2D eigenvalue weighted by atomic mass is 9.74. The molecule has 0 amide bonds. The average molecular weight is 474 g/mol. The SMILES string of the molecule is COC(=O)[C@H](COc1cccc(Cl)c1)NC(C1=CCCC=C1)(c1ccccc1)c1ccccc1. The summed E-state index contributed by atoms with van der Waals surface area (Å²) < 4.78 is 11.2. The minimum atomic E-state index is -0.782. The van der Waals surface area contributed by atoms with E-state index >= 15 is 0 Å². The third-order valence-corrected chi connectivity index (χ3v) is 6.17. The number of methoxy groups -OCH3 is 1. The van der Waals surface area contributed by atoms with Crippen LogP contribution in [0.1, 0.15) is 24.0 Å². The third kappa shape index (κ3) is 5.24. The molecule has 0 bridgehead atoms. The molecule has 0 spiro atoms. The number of ether oxygens (including phenoxy) is 2. The Kier molecular flexibility index (Phi) is 7.84. The molecule has 0 radical (unpaired) electrons. The molecule has 1 atom stereocenters. The van der Waals surface area contributed by atoms with Crippen LogP contribution in [0.2, 0.25) is 5.02 Å². The highest BCUT2D eigenvalue weighted by molar-refractivity contribution is 6.30. The molecule has 1 aliphatic carbocycles.